The lowest BCUT2D eigenvalue weighted by Crippen LogP contribution is -2.28. The number of fused-ring (bicyclic) bond motifs is 1. The molecule has 0 aliphatic heterocycles. The third-order valence-electron chi connectivity index (χ3n) is 3.54. The molecule has 9 nitrogen and oxygen atoms in total. The number of nitrogens with one attached hydrogen (secondary N) is 3. The van der Waals surface area contributed by atoms with Crippen molar-refractivity contribution in [3.05, 3.63) is 42.6 Å². The van der Waals surface area contributed by atoms with Crippen LogP contribution in [0, 0.1) is 0 Å². The highest BCUT2D eigenvalue weighted by atomic mass is 32.2. The van der Waals surface area contributed by atoms with Gasteiger partial charge in [0.25, 0.3) is 0 Å². The summed E-state index contributed by atoms with van der Waals surface area (Å²) in [6.07, 6.45) is 2.70. The average molecular weight is 386 g/mol. The molecule has 0 unspecified atom stereocenters. The Morgan fingerprint density at radius 2 is 1.74 bits per heavy atom. The summed E-state index contributed by atoms with van der Waals surface area (Å²) >= 11 is 0. The maximum absolute atomic E-state index is 11.6. The minimum atomic E-state index is -3.25. The smallest absolute Gasteiger partial charge is 0.320 e. The van der Waals surface area contributed by atoms with Crippen LogP contribution in [0.25, 0.3) is 11.2 Å². The van der Waals surface area contributed by atoms with Crippen LogP contribution in [0.1, 0.15) is 6.92 Å². The molecule has 1 aromatic carbocycles. The topological polar surface area (TPSA) is 126 Å². The molecule has 0 bridgehead atoms. The van der Waals surface area contributed by atoms with Crippen molar-refractivity contribution in [2.24, 2.45) is 0 Å². The first-order valence-corrected chi connectivity index (χ1v) is 10.00. The molecule has 0 atom stereocenters. The van der Waals surface area contributed by atoms with Gasteiger partial charge in [0.2, 0.25) is 0 Å². The number of carbonyl (C=O) groups excluding carboxylic acids is 1. The van der Waals surface area contributed by atoms with E-state index in [0.29, 0.717) is 35.0 Å². The molecule has 0 fully saturated rings. The van der Waals surface area contributed by atoms with E-state index in [2.05, 4.69) is 30.9 Å². The number of anilines is 3. The number of amides is 2. The number of urea groups is 1. The first-order chi connectivity index (χ1) is 12.8. The number of aromatic nitrogens is 3. The molecule has 140 valence electrons. The molecule has 3 N–H and O–H groups in total. The zero-order valence-corrected chi connectivity index (χ0v) is 15.5. The van der Waals surface area contributed by atoms with E-state index in [1.165, 1.54) is 12.1 Å². The van der Waals surface area contributed by atoms with Crippen LogP contribution in [0.15, 0.2) is 47.5 Å². The van der Waals surface area contributed by atoms with E-state index in [-0.39, 0.29) is 10.9 Å². The summed E-state index contributed by atoms with van der Waals surface area (Å²) in [7, 11) is -3.25. The third-order valence-corrected chi connectivity index (χ3v) is 4.67. The summed E-state index contributed by atoms with van der Waals surface area (Å²) in [6.45, 7) is 2.32. The molecule has 0 saturated carbocycles. The molecule has 0 saturated heterocycles. The summed E-state index contributed by atoms with van der Waals surface area (Å²) in [5.41, 5.74) is 1.60. The molecule has 0 spiro atoms. The fourth-order valence-corrected chi connectivity index (χ4v) is 2.91. The van der Waals surface area contributed by atoms with Gasteiger partial charge in [0.05, 0.1) is 11.1 Å². The van der Waals surface area contributed by atoms with Crippen molar-refractivity contribution in [3.8, 4) is 0 Å². The number of rotatable bonds is 5. The van der Waals surface area contributed by atoms with Crippen molar-refractivity contribution in [3.63, 3.8) is 0 Å². The predicted molar refractivity (Wildman–Crippen MR) is 103 cm³/mol. The van der Waals surface area contributed by atoms with Gasteiger partial charge in [-0.05, 0) is 43.3 Å². The maximum Gasteiger partial charge on any atom is 0.320 e. The summed E-state index contributed by atoms with van der Waals surface area (Å²) in [4.78, 5) is 24.8. The first kappa shape index (κ1) is 18.5. The molecule has 27 heavy (non-hydrogen) atoms. The molecule has 3 rings (SSSR count). The van der Waals surface area contributed by atoms with Crippen molar-refractivity contribution in [1.82, 2.24) is 20.3 Å². The van der Waals surface area contributed by atoms with E-state index < -0.39 is 9.84 Å². The fourth-order valence-electron chi connectivity index (χ4n) is 2.28. The van der Waals surface area contributed by atoms with Crippen molar-refractivity contribution in [1.29, 1.82) is 0 Å². The number of pyridine rings is 1. The van der Waals surface area contributed by atoms with E-state index in [9.17, 15) is 13.2 Å². The van der Waals surface area contributed by atoms with E-state index in [1.54, 1.807) is 30.5 Å². The minimum absolute atomic E-state index is 0.236. The fraction of sp³-hybridized carbons (Fsp3) is 0.176. The van der Waals surface area contributed by atoms with Crippen molar-refractivity contribution >= 4 is 44.4 Å². The van der Waals surface area contributed by atoms with Gasteiger partial charge in [-0.15, -0.1) is 0 Å². The van der Waals surface area contributed by atoms with Crippen LogP contribution < -0.4 is 16.0 Å². The molecule has 10 heteroatoms. The first-order valence-electron chi connectivity index (χ1n) is 8.11. The van der Waals surface area contributed by atoms with E-state index in [4.69, 9.17) is 0 Å². The molecule has 3 aromatic rings. The zero-order valence-electron chi connectivity index (χ0n) is 14.7. The Morgan fingerprint density at radius 3 is 2.41 bits per heavy atom. The largest absolute Gasteiger partial charge is 0.339 e. The second-order valence-electron chi connectivity index (χ2n) is 5.70. The number of carbonyl (C=O) groups is 1. The number of hydrogen-bond acceptors (Lipinski definition) is 7. The highest BCUT2D eigenvalue weighted by Gasteiger charge is 2.08. The van der Waals surface area contributed by atoms with Gasteiger partial charge in [-0.25, -0.2) is 28.2 Å². The molecule has 0 aliphatic rings. The Bertz CT molecular complexity index is 1080. The Labute approximate surface area is 156 Å². The summed E-state index contributed by atoms with van der Waals surface area (Å²) in [6, 6.07) is 9.31. The Kier molecular flexibility index (Phi) is 5.17. The Balaban J connectivity index is 1.81. The van der Waals surface area contributed by atoms with Gasteiger partial charge in [-0.2, -0.15) is 0 Å². The van der Waals surface area contributed by atoms with Crippen molar-refractivity contribution in [2.45, 2.75) is 11.8 Å². The summed E-state index contributed by atoms with van der Waals surface area (Å²) < 4.78 is 23.0. The molecule has 2 amide bonds. The highest BCUT2D eigenvalue weighted by molar-refractivity contribution is 7.90. The Hall–Kier alpha value is -3.27. The molecule has 0 radical (unpaired) electrons. The van der Waals surface area contributed by atoms with Crippen LogP contribution in [0.4, 0.5) is 22.1 Å². The number of sulfone groups is 1. The van der Waals surface area contributed by atoms with E-state index in [0.717, 1.165) is 6.26 Å². The van der Waals surface area contributed by atoms with Crippen molar-refractivity contribution in [2.75, 3.05) is 23.4 Å². The second-order valence-corrected chi connectivity index (χ2v) is 7.72. The lowest BCUT2D eigenvalue weighted by molar-refractivity contribution is 0.252. The lowest BCUT2D eigenvalue weighted by Gasteiger charge is -2.08. The van der Waals surface area contributed by atoms with Crippen LogP contribution in [0.2, 0.25) is 0 Å². The number of hydrogen-bond donors (Lipinski definition) is 3. The normalized spacial score (nSPS) is 11.2. The highest BCUT2D eigenvalue weighted by Crippen LogP contribution is 2.19. The third kappa shape index (κ3) is 4.67. The SMILES string of the molecule is CCNC(=O)Nc1ccc2ncc(Nc3ccc(S(C)(=O)=O)cc3)nc2n1. The quantitative estimate of drug-likeness (QED) is 0.614. The molecular weight excluding hydrogens is 368 g/mol. The van der Waals surface area contributed by atoms with Gasteiger partial charge in [-0.1, -0.05) is 0 Å². The van der Waals surface area contributed by atoms with Gasteiger partial charge in [0.15, 0.2) is 21.3 Å². The molecular formula is C17H18N6O3S. The maximum atomic E-state index is 11.6. The van der Waals surface area contributed by atoms with Crippen LogP contribution in [0.3, 0.4) is 0 Å². The summed E-state index contributed by atoms with van der Waals surface area (Å²) in [5.74, 6) is 0.801. The van der Waals surface area contributed by atoms with Gasteiger partial charge in [-0.3, -0.25) is 5.32 Å². The molecule has 2 heterocycles. The van der Waals surface area contributed by atoms with Gasteiger partial charge in [0, 0.05) is 18.5 Å². The predicted octanol–water partition coefficient (Wildman–Crippen LogP) is 2.31. The number of benzene rings is 1. The number of nitrogens with zero attached hydrogens (tertiary/aromatic N) is 3. The monoisotopic (exact) mass is 386 g/mol. The van der Waals surface area contributed by atoms with Crippen LogP contribution in [-0.4, -0.2) is 42.2 Å². The van der Waals surface area contributed by atoms with Crippen LogP contribution >= 0.6 is 0 Å². The molecule has 0 aliphatic carbocycles. The second kappa shape index (κ2) is 7.54. The molecule has 2 aromatic heterocycles. The van der Waals surface area contributed by atoms with Gasteiger partial charge >= 0.3 is 6.03 Å². The van der Waals surface area contributed by atoms with Crippen LogP contribution in [0.5, 0.6) is 0 Å². The van der Waals surface area contributed by atoms with Crippen molar-refractivity contribution < 1.29 is 13.2 Å². The van der Waals surface area contributed by atoms with Gasteiger partial charge < -0.3 is 10.6 Å². The minimum Gasteiger partial charge on any atom is -0.339 e. The summed E-state index contributed by atoms with van der Waals surface area (Å²) in [5, 5.41) is 8.29. The van der Waals surface area contributed by atoms with Crippen LogP contribution in [-0.2, 0) is 9.84 Å². The van der Waals surface area contributed by atoms with E-state index in [1.807, 2.05) is 6.92 Å². The van der Waals surface area contributed by atoms with Gasteiger partial charge in [0.1, 0.15) is 11.3 Å². The Morgan fingerprint density at radius 1 is 1.04 bits per heavy atom. The standard InChI is InChI=1S/C17H18N6O3S/c1-3-18-17(24)23-14-9-8-13-16(21-14)22-15(10-19-13)20-11-4-6-12(7-5-11)27(2,25)26/h4-10H,3H2,1-2H3,(H3,18,20,21,22,23,24). The zero-order chi connectivity index (χ0) is 19.4. The van der Waals surface area contributed by atoms with E-state index >= 15 is 0 Å². The lowest BCUT2D eigenvalue weighted by atomic mass is 10.3. The average Bonchev–Trinajstić information content (AvgIpc) is 2.61.